The first-order valence-corrected chi connectivity index (χ1v) is 7.45. The molecule has 1 aromatic rings. The van der Waals surface area contributed by atoms with Crippen molar-refractivity contribution in [3.05, 3.63) is 29.8 Å². The van der Waals surface area contributed by atoms with Crippen molar-refractivity contribution in [2.75, 3.05) is 13.2 Å². The SMILES string of the molecule is C[C@H]1CCCN(C(=O)COc2ccc(C(N)=O)cc2)[C@@H]1C(=O)O. The highest BCUT2D eigenvalue weighted by Gasteiger charge is 2.36. The maximum absolute atomic E-state index is 12.3. The zero-order chi connectivity index (χ0) is 17.0. The molecule has 0 aromatic heterocycles. The molecule has 1 heterocycles. The Morgan fingerprint density at radius 3 is 2.52 bits per heavy atom. The van der Waals surface area contributed by atoms with E-state index in [2.05, 4.69) is 0 Å². The van der Waals surface area contributed by atoms with Crippen LogP contribution in [0.2, 0.25) is 0 Å². The molecule has 0 unspecified atom stereocenters. The smallest absolute Gasteiger partial charge is 0.326 e. The lowest BCUT2D eigenvalue weighted by atomic mass is 9.91. The summed E-state index contributed by atoms with van der Waals surface area (Å²) in [6.45, 7) is 2.01. The van der Waals surface area contributed by atoms with E-state index in [9.17, 15) is 19.5 Å². The van der Waals surface area contributed by atoms with Crippen molar-refractivity contribution in [3.8, 4) is 5.75 Å². The van der Waals surface area contributed by atoms with Gasteiger partial charge in [0.1, 0.15) is 11.8 Å². The summed E-state index contributed by atoms with van der Waals surface area (Å²) < 4.78 is 5.38. The zero-order valence-corrected chi connectivity index (χ0v) is 12.9. The van der Waals surface area contributed by atoms with Gasteiger partial charge in [-0.05, 0) is 43.0 Å². The van der Waals surface area contributed by atoms with Gasteiger partial charge in [0.15, 0.2) is 6.61 Å². The van der Waals surface area contributed by atoms with E-state index in [4.69, 9.17) is 10.5 Å². The number of piperidine rings is 1. The highest BCUT2D eigenvalue weighted by molar-refractivity contribution is 5.92. The van der Waals surface area contributed by atoms with Crippen LogP contribution in [-0.2, 0) is 9.59 Å². The molecule has 2 amide bonds. The van der Waals surface area contributed by atoms with Crippen LogP contribution >= 0.6 is 0 Å². The number of carbonyl (C=O) groups excluding carboxylic acids is 2. The Morgan fingerprint density at radius 1 is 1.30 bits per heavy atom. The van der Waals surface area contributed by atoms with E-state index in [0.717, 1.165) is 12.8 Å². The fourth-order valence-corrected chi connectivity index (χ4v) is 2.79. The zero-order valence-electron chi connectivity index (χ0n) is 12.9. The van der Waals surface area contributed by atoms with Gasteiger partial charge in [0, 0.05) is 12.1 Å². The number of primary amides is 1. The standard InChI is InChI=1S/C16H20N2O5/c1-10-3-2-8-18(14(10)16(21)22)13(19)9-23-12-6-4-11(5-7-12)15(17)20/h4-7,10,14H,2-3,8-9H2,1H3,(H2,17,20)(H,21,22)/t10-,14-/m0/s1. The van der Waals surface area contributed by atoms with Crippen LogP contribution < -0.4 is 10.5 Å². The molecule has 23 heavy (non-hydrogen) atoms. The largest absolute Gasteiger partial charge is 0.484 e. The predicted octanol–water partition coefficient (Wildman–Crippen LogP) is 0.876. The Kier molecular flexibility index (Phi) is 5.20. The summed E-state index contributed by atoms with van der Waals surface area (Å²) >= 11 is 0. The van der Waals surface area contributed by atoms with Crippen molar-refractivity contribution < 1.29 is 24.2 Å². The fourth-order valence-electron chi connectivity index (χ4n) is 2.79. The topological polar surface area (TPSA) is 110 Å². The lowest BCUT2D eigenvalue weighted by molar-refractivity contribution is -0.155. The fraction of sp³-hybridized carbons (Fsp3) is 0.438. The number of aliphatic carboxylic acids is 1. The van der Waals surface area contributed by atoms with Crippen LogP contribution in [0, 0.1) is 5.92 Å². The maximum atomic E-state index is 12.3. The van der Waals surface area contributed by atoms with Crippen molar-refractivity contribution in [2.45, 2.75) is 25.8 Å². The molecule has 0 saturated carbocycles. The summed E-state index contributed by atoms with van der Waals surface area (Å²) in [4.78, 5) is 36.0. The van der Waals surface area contributed by atoms with Crippen LogP contribution in [0.3, 0.4) is 0 Å². The monoisotopic (exact) mass is 320 g/mol. The number of rotatable bonds is 5. The molecule has 7 heteroatoms. The minimum Gasteiger partial charge on any atom is -0.484 e. The lowest BCUT2D eigenvalue weighted by Gasteiger charge is -2.37. The number of hydrogen-bond acceptors (Lipinski definition) is 4. The van der Waals surface area contributed by atoms with Crippen LogP contribution in [0.5, 0.6) is 5.75 Å². The molecule has 7 nitrogen and oxygen atoms in total. The number of benzene rings is 1. The number of ether oxygens (including phenoxy) is 1. The Labute approximate surface area is 134 Å². The molecule has 1 aliphatic heterocycles. The van der Waals surface area contributed by atoms with Gasteiger partial charge in [-0.1, -0.05) is 6.92 Å². The van der Waals surface area contributed by atoms with Crippen LogP contribution in [0.15, 0.2) is 24.3 Å². The third-order valence-electron chi connectivity index (χ3n) is 4.01. The third kappa shape index (κ3) is 4.00. The Morgan fingerprint density at radius 2 is 1.96 bits per heavy atom. The number of nitrogens with two attached hydrogens (primary N) is 1. The van der Waals surface area contributed by atoms with Gasteiger partial charge >= 0.3 is 5.97 Å². The van der Waals surface area contributed by atoms with Crippen LogP contribution in [-0.4, -0.2) is 47.0 Å². The summed E-state index contributed by atoms with van der Waals surface area (Å²) in [6, 6.07) is 5.29. The first kappa shape index (κ1) is 16.8. The number of amides is 2. The van der Waals surface area contributed by atoms with E-state index in [0.29, 0.717) is 17.9 Å². The Hall–Kier alpha value is -2.57. The number of carboxylic acid groups (broad SMARTS) is 1. The number of nitrogens with zero attached hydrogens (tertiary/aromatic N) is 1. The van der Waals surface area contributed by atoms with Crippen LogP contribution in [0.25, 0.3) is 0 Å². The van der Waals surface area contributed by atoms with E-state index in [1.54, 1.807) is 12.1 Å². The molecule has 0 bridgehead atoms. The summed E-state index contributed by atoms with van der Waals surface area (Å²) in [5, 5.41) is 9.32. The molecule has 0 radical (unpaired) electrons. The number of carboxylic acids is 1. The molecular formula is C16H20N2O5. The summed E-state index contributed by atoms with van der Waals surface area (Å²) in [7, 11) is 0. The Balaban J connectivity index is 1.98. The molecule has 1 aliphatic rings. The molecule has 0 aliphatic carbocycles. The molecule has 0 spiro atoms. The summed E-state index contributed by atoms with van der Waals surface area (Å²) in [5.41, 5.74) is 5.49. The third-order valence-corrected chi connectivity index (χ3v) is 4.01. The molecular weight excluding hydrogens is 300 g/mol. The average Bonchev–Trinajstić information content (AvgIpc) is 2.52. The van der Waals surface area contributed by atoms with Gasteiger partial charge in [-0.25, -0.2) is 4.79 Å². The second kappa shape index (κ2) is 7.13. The van der Waals surface area contributed by atoms with E-state index in [1.807, 2.05) is 6.92 Å². The second-order valence-electron chi connectivity index (χ2n) is 5.67. The summed E-state index contributed by atoms with van der Waals surface area (Å²) in [6.07, 6.45) is 1.57. The van der Waals surface area contributed by atoms with Crippen molar-refractivity contribution in [3.63, 3.8) is 0 Å². The first-order chi connectivity index (χ1) is 10.9. The molecule has 1 fully saturated rings. The van der Waals surface area contributed by atoms with Gasteiger partial charge in [-0.2, -0.15) is 0 Å². The molecule has 1 saturated heterocycles. The molecule has 2 rings (SSSR count). The minimum atomic E-state index is -0.989. The maximum Gasteiger partial charge on any atom is 0.326 e. The number of carbonyl (C=O) groups is 3. The molecule has 124 valence electrons. The van der Waals surface area contributed by atoms with Gasteiger partial charge in [-0.15, -0.1) is 0 Å². The van der Waals surface area contributed by atoms with E-state index < -0.39 is 17.9 Å². The number of likely N-dealkylation sites (tertiary alicyclic amines) is 1. The van der Waals surface area contributed by atoms with Crippen molar-refractivity contribution >= 4 is 17.8 Å². The predicted molar refractivity (Wildman–Crippen MR) is 82.0 cm³/mol. The molecule has 1 aromatic carbocycles. The minimum absolute atomic E-state index is 0.0833. The van der Waals surface area contributed by atoms with Gasteiger partial charge in [-0.3, -0.25) is 9.59 Å². The van der Waals surface area contributed by atoms with E-state index in [-0.39, 0.29) is 18.4 Å². The average molecular weight is 320 g/mol. The van der Waals surface area contributed by atoms with Gasteiger partial charge in [0.25, 0.3) is 5.91 Å². The second-order valence-corrected chi connectivity index (χ2v) is 5.67. The van der Waals surface area contributed by atoms with Crippen LogP contribution in [0.1, 0.15) is 30.1 Å². The Bertz CT molecular complexity index is 599. The van der Waals surface area contributed by atoms with Crippen molar-refractivity contribution in [1.82, 2.24) is 4.90 Å². The van der Waals surface area contributed by atoms with Crippen molar-refractivity contribution in [1.29, 1.82) is 0 Å². The van der Waals surface area contributed by atoms with Gasteiger partial charge in [0.05, 0.1) is 0 Å². The number of hydrogen-bond donors (Lipinski definition) is 2. The van der Waals surface area contributed by atoms with Gasteiger partial charge < -0.3 is 20.5 Å². The van der Waals surface area contributed by atoms with Gasteiger partial charge in [0.2, 0.25) is 5.91 Å². The first-order valence-electron chi connectivity index (χ1n) is 7.45. The summed E-state index contributed by atoms with van der Waals surface area (Å²) in [5.74, 6) is -1.56. The van der Waals surface area contributed by atoms with Crippen LogP contribution in [0.4, 0.5) is 0 Å². The lowest BCUT2D eigenvalue weighted by Crippen LogP contribution is -2.53. The highest BCUT2D eigenvalue weighted by atomic mass is 16.5. The van der Waals surface area contributed by atoms with E-state index in [1.165, 1.54) is 17.0 Å². The molecule has 2 atom stereocenters. The van der Waals surface area contributed by atoms with Crippen molar-refractivity contribution in [2.24, 2.45) is 11.7 Å². The normalized spacial score (nSPS) is 20.8. The molecule has 3 N–H and O–H groups in total. The quantitative estimate of drug-likeness (QED) is 0.836. The highest BCUT2D eigenvalue weighted by Crippen LogP contribution is 2.24. The van der Waals surface area contributed by atoms with E-state index >= 15 is 0 Å².